The van der Waals surface area contributed by atoms with E-state index in [1.165, 1.54) is 12.3 Å². The molecule has 1 aromatic heterocycles. The Morgan fingerprint density at radius 3 is 2.47 bits per heavy atom. The first-order chi connectivity index (χ1) is 9.25. The van der Waals surface area contributed by atoms with Crippen molar-refractivity contribution in [2.75, 3.05) is 5.06 Å². The fourth-order valence-corrected chi connectivity index (χ4v) is 1.74. The van der Waals surface area contributed by atoms with Crippen molar-refractivity contribution in [1.29, 1.82) is 0 Å². The smallest absolute Gasteiger partial charge is 0.369 e. The minimum Gasteiger partial charge on any atom is -0.465 e. The van der Waals surface area contributed by atoms with Crippen LogP contribution in [0.15, 0.2) is 58.7 Å². The maximum atomic E-state index is 12.1. The van der Waals surface area contributed by atoms with E-state index < -0.39 is 11.9 Å². The van der Waals surface area contributed by atoms with Crippen molar-refractivity contribution in [3.8, 4) is 0 Å². The molecule has 0 radical (unpaired) electrons. The van der Waals surface area contributed by atoms with Crippen molar-refractivity contribution >= 4 is 23.6 Å². The number of carbonyl (C=O) groups is 2. The fourth-order valence-electron chi connectivity index (χ4n) is 1.74. The lowest BCUT2D eigenvalue weighted by Gasteiger charge is -2.11. The predicted octanol–water partition coefficient (Wildman–Crippen LogP) is 2.17. The maximum absolute atomic E-state index is 12.1. The van der Waals surface area contributed by atoms with Gasteiger partial charge < -0.3 is 9.25 Å². The third-order valence-electron chi connectivity index (χ3n) is 2.63. The van der Waals surface area contributed by atoms with E-state index in [4.69, 9.17) is 9.25 Å². The van der Waals surface area contributed by atoms with Crippen LogP contribution in [0.1, 0.15) is 5.76 Å². The summed E-state index contributed by atoms with van der Waals surface area (Å²) in [4.78, 5) is 28.8. The van der Waals surface area contributed by atoms with Crippen LogP contribution in [-0.4, -0.2) is 11.9 Å². The molecule has 1 aliphatic rings. The number of para-hydroxylation sites is 1. The van der Waals surface area contributed by atoms with Crippen molar-refractivity contribution in [1.82, 2.24) is 0 Å². The van der Waals surface area contributed by atoms with Gasteiger partial charge in [0, 0.05) is 6.08 Å². The molecule has 0 unspecified atom stereocenters. The zero-order chi connectivity index (χ0) is 13.2. The van der Waals surface area contributed by atoms with Crippen LogP contribution < -0.4 is 5.06 Å². The first-order valence-electron chi connectivity index (χ1n) is 5.63. The van der Waals surface area contributed by atoms with Gasteiger partial charge in [-0.3, -0.25) is 4.79 Å². The van der Waals surface area contributed by atoms with E-state index in [-0.39, 0.29) is 5.57 Å². The van der Waals surface area contributed by atoms with Crippen LogP contribution in [0.25, 0.3) is 6.08 Å². The third kappa shape index (κ3) is 2.01. The zero-order valence-corrected chi connectivity index (χ0v) is 9.78. The molecule has 5 nitrogen and oxygen atoms in total. The predicted molar refractivity (Wildman–Crippen MR) is 66.7 cm³/mol. The number of rotatable bonds is 2. The Bertz CT molecular complexity index is 643. The number of hydroxylamine groups is 1. The van der Waals surface area contributed by atoms with Crippen molar-refractivity contribution < 1.29 is 18.8 Å². The minimum absolute atomic E-state index is 0.0567. The molecule has 1 amide bonds. The molecule has 3 rings (SSSR count). The summed E-state index contributed by atoms with van der Waals surface area (Å²) in [7, 11) is 0. The zero-order valence-electron chi connectivity index (χ0n) is 9.78. The quantitative estimate of drug-likeness (QED) is 0.609. The summed E-state index contributed by atoms with van der Waals surface area (Å²) in [6.07, 6.45) is 2.83. The molecule has 1 fully saturated rings. The molecule has 0 N–H and O–H groups in total. The molecular formula is C14H9NO4. The lowest BCUT2D eigenvalue weighted by atomic mass is 10.2. The fraction of sp³-hybridized carbons (Fsp3) is 0. The summed E-state index contributed by atoms with van der Waals surface area (Å²) in [5.41, 5.74) is 0.447. The van der Waals surface area contributed by atoms with Crippen molar-refractivity contribution in [3.05, 3.63) is 60.1 Å². The summed E-state index contributed by atoms with van der Waals surface area (Å²) in [6, 6.07) is 12.0. The molecule has 2 aromatic rings. The lowest BCUT2D eigenvalue weighted by Crippen LogP contribution is -2.22. The van der Waals surface area contributed by atoms with E-state index >= 15 is 0 Å². The first kappa shape index (κ1) is 11.3. The summed E-state index contributed by atoms with van der Waals surface area (Å²) in [5, 5.41) is 0.969. The van der Waals surface area contributed by atoms with Crippen LogP contribution in [0.3, 0.4) is 0 Å². The Morgan fingerprint density at radius 1 is 1.00 bits per heavy atom. The Balaban J connectivity index is 1.94. The SMILES string of the molecule is O=C1ON(c2ccccc2)C(=O)C1=Cc1ccco1. The van der Waals surface area contributed by atoms with Crippen LogP contribution in [0.4, 0.5) is 5.69 Å². The van der Waals surface area contributed by atoms with Gasteiger partial charge in [0.2, 0.25) is 0 Å². The van der Waals surface area contributed by atoms with Gasteiger partial charge in [-0.05, 0) is 24.3 Å². The highest BCUT2D eigenvalue weighted by Gasteiger charge is 2.37. The van der Waals surface area contributed by atoms with Gasteiger partial charge in [0.1, 0.15) is 11.3 Å². The second kappa shape index (κ2) is 4.45. The van der Waals surface area contributed by atoms with Crippen molar-refractivity contribution in [2.45, 2.75) is 0 Å². The standard InChI is InChI=1S/C14H9NO4/c16-13-12(9-11-7-4-8-18-11)14(17)19-15(13)10-5-2-1-3-6-10/h1-9H. The van der Waals surface area contributed by atoms with E-state index in [9.17, 15) is 9.59 Å². The van der Waals surface area contributed by atoms with Gasteiger partial charge in [0.15, 0.2) is 0 Å². The van der Waals surface area contributed by atoms with Gasteiger partial charge in [-0.25, -0.2) is 4.79 Å². The molecule has 94 valence electrons. The van der Waals surface area contributed by atoms with Crippen LogP contribution in [-0.2, 0) is 14.4 Å². The van der Waals surface area contributed by atoms with Crippen LogP contribution >= 0.6 is 0 Å². The van der Waals surface area contributed by atoms with Gasteiger partial charge >= 0.3 is 5.97 Å². The minimum atomic E-state index is -0.690. The number of hydrogen-bond donors (Lipinski definition) is 0. The summed E-state index contributed by atoms with van der Waals surface area (Å²) < 4.78 is 5.08. The van der Waals surface area contributed by atoms with Gasteiger partial charge in [-0.15, -0.1) is 5.06 Å². The van der Waals surface area contributed by atoms with Crippen LogP contribution in [0, 0.1) is 0 Å². The topological polar surface area (TPSA) is 59.8 Å². The molecule has 5 heteroatoms. The second-order valence-corrected chi connectivity index (χ2v) is 3.89. The number of anilines is 1. The molecule has 0 bridgehead atoms. The lowest BCUT2D eigenvalue weighted by molar-refractivity contribution is -0.137. The maximum Gasteiger partial charge on any atom is 0.369 e. The molecule has 1 aromatic carbocycles. The van der Waals surface area contributed by atoms with Gasteiger partial charge in [0.05, 0.1) is 12.0 Å². The monoisotopic (exact) mass is 255 g/mol. The number of carbonyl (C=O) groups excluding carboxylic acids is 2. The molecule has 0 saturated carbocycles. The molecule has 2 heterocycles. The largest absolute Gasteiger partial charge is 0.465 e. The second-order valence-electron chi connectivity index (χ2n) is 3.89. The summed E-state index contributed by atoms with van der Waals surface area (Å²) in [5.74, 6) is -0.770. The van der Waals surface area contributed by atoms with E-state index in [0.717, 1.165) is 5.06 Å². The van der Waals surface area contributed by atoms with Gasteiger partial charge in [-0.1, -0.05) is 18.2 Å². The molecule has 0 spiro atoms. The van der Waals surface area contributed by atoms with Crippen molar-refractivity contribution in [2.24, 2.45) is 0 Å². The average Bonchev–Trinajstić information content (AvgIpc) is 3.03. The van der Waals surface area contributed by atoms with Crippen LogP contribution in [0.5, 0.6) is 0 Å². The molecule has 19 heavy (non-hydrogen) atoms. The highest BCUT2D eigenvalue weighted by molar-refractivity contribution is 6.28. The molecule has 1 aliphatic heterocycles. The Hall–Kier alpha value is -2.82. The number of furan rings is 1. The van der Waals surface area contributed by atoms with Gasteiger partial charge in [-0.2, -0.15) is 0 Å². The summed E-state index contributed by atoms with van der Waals surface area (Å²) in [6.45, 7) is 0. The molecule has 1 saturated heterocycles. The van der Waals surface area contributed by atoms with Gasteiger partial charge in [0.25, 0.3) is 5.91 Å². The Labute approximate surface area is 108 Å². The van der Waals surface area contributed by atoms with E-state index in [2.05, 4.69) is 0 Å². The first-order valence-corrected chi connectivity index (χ1v) is 5.63. The van der Waals surface area contributed by atoms with Crippen molar-refractivity contribution in [3.63, 3.8) is 0 Å². The molecule has 0 aliphatic carbocycles. The Morgan fingerprint density at radius 2 is 1.79 bits per heavy atom. The number of amides is 1. The normalized spacial score (nSPS) is 17.1. The molecular weight excluding hydrogens is 246 g/mol. The summed E-state index contributed by atoms with van der Waals surface area (Å²) >= 11 is 0. The number of nitrogens with zero attached hydrogens (tertiary/aromatic N) is 1. The third-order valence-corrected chi connectivity index (χ3v) is 2.63. The van der Waals surface area contributed by atoms with Crippen LogP contribution in [0.2, 0.25) is 0 Å². The number of benzene rings is 1. The molecule has 0 atom stereocenters. The number of hydrogen-bond acceptors (Lipinski definition) is 4. The highest BCUT2D eigenvalue weighted by Crippen LogP contribution is 2.25. The van der Waals surface area contributed by atoms with E-state index in [0.29, 0.717) is 11.4 Å². The van der Waals surface area contributed by atoms with E-state index in [1.54, 1.807) is 36.4 Å². The average molecular weight is 255 g/mol. The van der Waals surface area contributed by atoms with E-state index in [1.807, 2.05) is 6.07 Å². The highest BCUT2D eigenvalue weighted by atomic mass is 16.7. The Kier molecular flexibility index (Phi) is 2.64.